The summed E-state index contributed by atoms with van der Waals surface area (Å²) >= 11 is 0. The monoisotopic (exact) mass is 362 g/mol. The van der Waals surface area contributed by atoms with Crippen molar-refractivity contribution in [2.75, 3.05) is 13.2 Å². The van der Waals surface area contributed by atoms with Crippen molar-refractivity contribution in [3.05, 3.63) is 11.6 Å². The number of carbonyl (C=O) groups excluding carboxylic acids is 1. The number of ether oxygens (including phenoxy) is 2. The average molecular weight is 363 g/mol. The number of carbonyl (C=O) groups is 1. The smallest absolute Gasteiger partial charge is 0.172 e. The van der Waals surface area contributed by atoms with E-state index in [2.05, 4.69) is 13.0 Å². The molecule has 144 valence electrons. The van der Waals surface area contributed by atoms with E-state index < -0.39 is 29.7 Å². The molecule has 0 aromatic rings. The lowest BCUT2D eigenvalue weighted by atomic mass is 9.47. The standard InChI is InChI=1S/C23H34O3/c1-15(24)18-6-7-19-17-5-4-16-14-23(25-12-13-26-23)11-10-21(16,2)20(17)8-9-22(18,19)3/h4,17-20H,5-14H2,1-3H3/t17?,18-,19?,20?,21+,22-/m1/s1/i1D3,18D. The van der Waals surface area contributed by atoms with Gasteiger partial charge < -0.3 is 9.47 Å². The largest absolute Gasteiger partial charge is 0.347 e. The van der Waals surface area contributed by atoms with Crippen LogP contribution in [0.1, 0.15) is 77.5 Å². The summed E-state index contributed by atoms with van der Waals surface area (Å²) in [6.07, 6.45) is 9.09. The van der Waals surface area contributed by atoms with Crippen LogP contribution in [-0.4, -0.2) is 24.8 Å². The zero-order valence-electron chi connectivity index (χ0n) is 20.1. The summed E-state index contributed by atoms with van der Waals surface area (Å²) in [5, 5.41) is 0. The van der Waals surface area contributed by atoms with Crippen LogP contribution in [0.4, 0.5) is 0 Å². The number of rotatable bonds is 1. The van der Waals surface area contributed by atoms with Gasteiger partial charge in [0.1, 0.15) is 5.78 Å². The maximum atomic E-state index is 12.9. The van der Waals surface area contributed by atoms with E-state index in [9.17, 15) is 4.79 Å². The topological polar surface area (TPSA) is 35.5 Å². The third kappa shape index (κ3) is 2.22. The summed E-state index contributed by atoms with van der Waals surface area (Å²) in [4.78, 5) is 12.9. The number of fused-ring (bicyclic) bond motifs is 5. The van der Waals surface area contributed by atoms with Gasteiger partial charge in [-0.3, -0.25) is 4.79 Å². The zero-order chi connectivity index (χ0) is 21.6. The Morgan fingerprint density at radius 3 is 2.73 bits per heavy atom. The van der Waals surface area contributed by atoms with Gasteiger partial charge in [-0.05, 0) is 74.0 Å². The predicted octanol–water partition coefficient (Wildman–Crippen LogP) is 4.90. The first-order chi connectivity index (χ1) is 14.0. The molecule has 0 radical (unpaired) electrons. The van der Waals surface area contributed by atoms with Gasteiger partial charge in [-0.1, -0.05) is 25.5 Å². The lowest BCUT2D eigenvalue weighted by molar-refractivity contribution is -0.185. The summed E-state index contributed by atoms with van der Waals surface area (Å²) in [5.41, 5.74) is 1.04. The summed E-state index contributed by atoms with van der Waals surface area (Å²) in [7, 11) is 0. The number of Topliss-reactive ketones (excluding diaryl/α,β-unsaturated/α-hetero) is 1. The van der Waals surface area contributed by atoms with Crippen LogP contribution in [0.25, 0.3) is 0 Å². The van der Waals surface area contributed by atoms with Crippen molar-refractivity contribution in [2.24, 2.45) is 34.5 Å². The Bertz CT molecular complexity index is 786. The maximum Gasteiger partial charge on any atom is 0.172 e. The predicted molar refractivity (Wildman–Crippen MR) is 101 cm³/mol. The zero-order valence-corrected chi connectivity index (χ0v) is 16.1. The van der Waals surface area contributed by atoms with E-state index in [0.29, 0.717) is 31.5 Å². The van der Waals surface area contributed by atoms with Crippen LogP contribution in [0.3, 0.4) is 0 Å². The first-order valence-electron chi connectivity index (χ1n) is 12.5. The molecule has 1 aliphatic heterocycles. The fraction of sp³-hybridized carbons (Fsp3) is 0.870. The molecule has 6 atom stereocenters. The Hall–Kier alpha value is -0.670. The van der Waals surface area contributed by atoms with Gasteiger partial charge in [0, 0.05) is 24.2 Å². The van der Waals surface area contributed by atoms with E-state index >= 15 is 0 Å². The molecule has 0 bridgehead atoms. The van der Waals surface area contributed by atoms with Gasteiger partial charge in [0.2, 0.25) is 0 Å². The SMILES string of the molecule is [2H]C([2H])([2H])C(=O)[C@@]1([2H])CCC2C3CC=C4CC5(CC[C@]4(C)C3CC[C@@]21C)OCCO5. The minimum absolute atomic E-state index is 0.117. The molecule has 0 aromatic carbocycles. The van der Waals surface area contributed by atoms with E-state index in [4.69, 9.17) is 15.0 Å². The van der Waals surface area contributed by atoms with Gasteiger partial charge in [-0.15, -0.1) is 0 Å². The molecule has 3 heteroatoms. The second-order valence-corrected chi connectivity index (χ2v) is 9.85. The molecule has 26 heavy (non-hydrogen) atoms. The highest BCUT2D eigenvalue weighted by molar-refractivity contribution is 5.79. The Balaban J connectivity index is 1.45. The fourth-order valence-electron chi connectivity index (χ4n) is 7.53. The Labute approximate surface area is 163 Å². The molecule has 4 aliphatic carbocycles. The number of allylic oxidation sites excluding steroid dienone is 1. The van der Waals surface area contributed by atoms with Gasteiger partial charge in [-0.25, -0.2) is 0 Å². The number of ketones is 1. The summed E-state index contributed by atoms with van der Waals surface area (Å²) in [5.74, 6) is -1.55. The molecule has 1 saturated heterocycles. The normalized spacial score (nSPS) is 54.8. The van der Waals surface area contributed by atoms with Crippen LogP contribution in [0.2, 0.25) is 0 Å². The maximum absolute atomic E-state index is 12.9. The molecule has 0 aromatic heterocycles. The highest BCUT2D eigenvalue weighted by Gasteiger charge is 2.60. The van der Waals surface area contributed by atoms with Crippen LogP contribution in [-0.2, 0) is 14.3 Å². The molecule has 3 saturated carbocycles. The van der Waals surface area contributed by atoms with E-state index in [1.165, 1.54) is 5.57 Å². The Morgan fingerprint density at radius 1 is 1.15 bits per heavy atom. The molecular weight excluding hydrogens is 324 g/mol. The molecule has 0 N–H and O–H groups in total. The lowest BCUT2D eigenvalue weighted by Crippen LogP contribution is -2.52. The van der Waals surface area contributed by atoms with E-state index in [-0.39, 0.29) is 11.3 Å². The van der Waals surface area contributed by atoms with Crippen molar-refractivity contribution in [2.45, 2.75) is 77.9 Å². The van der Waals surface area contributed by atoms with Gasteiger partial charge in [-0.2, -0.15) is 0 Å². The van der Waals surface area contributed by atoms with Crippen LogP contribution < -0.4 is 0 Å². The van der Waals surface area contributed by atoms with Crippen LogP contribution in [0.15, 0.2) is 11.6 Å². The van der Waals surface area contributed by atoms with Crippen molar-refractivity contribution in [1.82, 2.24) is 0 Å². The van der Waals surface area contributed by atoms with Gasteiger partial charge in [0.05, 0.1) is 13.2 Å². The number of hydrogen-bond acceptors (Lipinski definition) is 3. The summed E-state index contributed by atoms with van der Waals surface area (Å²) < 4.78 is 44.1. The van der Waals surface area contributed by atoms with Crippen LogP contribution >= 0.6 is 0 Å². The fourth-order valence-corrected chi connectivity index (χ4v) is 7.53. The molecule has 0 amide bonds. The molecule has 3 nitrogen and oxygen atoms in total. The summed E-state index contributed by atoms with van der Waals surface area (Å²) in [6, 6.07) is 0. The summed E-state index contributed by atoms with van der Waals surface area (Å²) in [6.45, 7) is 3.10. The minimum Gasteiger partial charge on any atom is -0.347 e. The van der Waals surface area contributed by atoms with Gasteiger partial charge in [0.25, 0.3) is 0 Å². The third-order valence-corrected chi connectivity index (χ3v) is 8.98. The van der Waals surface area contributed by atoms with E-state index in [0.717, 1.165) is 44.9 Å². The Kier molecular flexibility index (Phi) is 2.94. The lowest BCUT2D eigenvalue weighted by Gasteiger charge is -2.58. The van der Waals surface area contributed by atoms with Crippen molar-refractivity contribution >= 4 is 5.78 Å². The van der Waals surface area contributed by atoms with Gasteiger partial charge >= 0.3 is 0 Å². The quantitative estimate of drug-likeness (QED) is 0.623. The molecule has 5 rings (SSSR count). The van der Waals surface area contributed by atoms with E-state index in [1.54, 1.807) is 0 Å². The highest BCUT2D eigenvalue weighted by Crippen LogP contribution is 2.67. The molecule has 3 unspecified atom stereocenters. The molecule has 5 aliphatic rings. The first kappa shape index (κ1) is 13.5. The average Bonchev–Trinajstić information content (AvgIpc) is 3.24. The molecule has 1 spiro atoms. The highest BCUT2D eigenvalue weighted by atomic mass is 16.7. The van der Waals surface area contributed by atoms with Gasteiger partial charge in [0.15, 0.2) is 5.79 Å². The molecular formula is C23H34O3. The second-order valence-electron chi connectivity index (χ2n) is 9.85. The Morgan fingerprint density at radius 2 is 1.96 bits per heavy atom. The first-order valence-corrected chi connectivity index (χ1v) is 10.5. The van der Waals surface area contributed by atoms with Crippen molar-refractivity contribution in [3.63, 3.8) is 0 Å². The van der Waals surface area contributed by atoms with Crippen LogP contribution in [0.5, 0.6) is 0 Å². The third-order valence-electron chi connectivity index (χ3n) is 8.98. The van der Waals surface area contributed by atoms with Crippen molar-refractivity contribution in [1.29, 1.82) is 0 Å². The van der Waals surface area contributed by atoms with Crippen molar-refractivity contribution in [3.8, 4) is 0 Å². The molecule has 4 fully saturated rings. The van der Waals surface area contributed by atoms with Crippen LogP contribution in [0, 0.1) is 34.5 Å². The number of hydrogen-bond donors (Lipinski definition) is 0. The minimum atomic E-state index is -2.69. The second kappa shape index (κ2) is 5.67. The van der Waals surface area contributed by atoms with Crippen molar-refractivity contribution < 1.29 is 19.8 Å². The molecule has 1 heterocycles. The van der Waals surface area contributed by atoms with E-state index in [1.807, 2.05) is 6.92 Å².